The molecular formula is C8H14ClNO2. The number of carbonyl (C=O) groups is 1. The Hall–Kier alpha value is -0.280. The molecule has 2 atom stereocenters. The van der Waals surface area contributed by atoms with Crippen LogP contribution in [0.2, 0.25) is 0 Å². The van der Waals surface area contributed by atoms with Crippen molar-refractivity contribution in [3.05, 3.63) is 0 Å². The fourth-order valence-corrected chi connectivity index (χ4v) is 1.96. The molecule has 0 aromatic carbocycles. The van der Waals surface area contributed by atoms with Crippen molar-refractivity contribution < 1.29 is 9.53 Å². The van der Waals surface area contributed by atoms with E-state index >= 15 is 0 Å². The van der Waals surface area contributed by atoms with Crippen LogP contribution in [0.1, 0.15) is 25.7 Å². The van der Waals surface area contributed by atoms with E-state index in [9.17, 15) is 4.79 Å². The highest BCUT2D eigenvalue weighted by Crippen LogP contribution is 2.25. The quantitative estimate of drug-likeness (QED) is 0.531. The van der Waals surface area contributed by atoms with Gasteiger partial charge in [-0.15, -0.1) is 0 Å². The maximum absolute atomic E-state index is 11.2. The minimum absolute atomic E-state index is 0.0544. The predicted octanol–water partition coefficient (Wildman–Crippen LogP) is 1.46. The molecule has 1 N–H and O–H groups in total. The van der Waals surface area contributed by atoms with Gasteiger partial charge in [-0.05, 0) is 24.6 Å². The topological polar surface area (TPSA) is 38.3 Å². The van der Waals surface area contributed by atoms with Gasteiger partial charge in [-0.3, -0.25) is 4.79 Å². The Balaban J connectivity index is 2.52. The first-order valence-electron chi connectivity index (χ1n) is 4.23. The summed E-state index contributed by atoms with van der Waals surface area (Å²) in [5, 5.41) is 0. The highest BCUT2D eigenvalue weighted by molar-refractivity contribution is 6.13. The Morgan fingerprint density at radius 2 is 2.17 bits per heavy atom. The molecule has 4 heteroatoms. The number of rotatable bonds is 2. The summed E-state index contributed by atoms with van der Waals surface area (Å²) in [7, 11) is 1.42. The van der Waals surface area contributed by atoms with Gasteiger partial charge in [-0.1, -0.05) is 12.8 Å². The lowest BCUT2D eigenvalue weighted by Gasteiger charge is -2.27. The number of halogens is 1. The highest BCUT2D eigenvalue weighted by Gasteiger charge is 2.30. The molecule has 0 spiro atoms. The van der Waals surface area contributed by atoms with E-state index in [1.54, 1.807) is 0 Å². The van der Waals surface area contributed by atoms with Gasteiger partial charge in [0.25, 0.3) is 0 Å². The lowest BCUT2D eigenvalue weighted by molar-refractivity contribution is -0.147. The zero-order valence-electron chi connectivity index (χ0n) is 7.18. The molecule has 1 rings (SSSR count). The van der Waals surface area contributed by atoms with Crippen molar-refractivity contribution in [2.75, 3.05) is 7.11 Å². The van der Waals surface area contributed by atoms with Crippen LogP contribution in [-0.4, -0.2) is 19.1 Å². The number of ether oxygens (including phenoxy) is 1. The largest absolute Gasteiger partial charge is 0.469 e. The van der Waals surface area contributed by atoms with E-state index in [1.165, 1.54) is 7.11 Å². The van der Waals surface area contributed by atoms with Crippen molar-refractivity contribution in [2.24, 2.45) is 5.92 Å². The first kappa shape index (κ1) is 9.81. The molecule has 1 aliphatic rings. The third kappa shape index (κ3) is 2.11. The predicted molar refractivity (Wildman–Crippen MR) is 46.8 cm³/mol. The third-order valence-corrected chi connectivity index (χ3v) is 2.69. The van der Waals surface area contributed by atoms with E-state index in [-0.39, 0.29) is 17.9 Å². The van der Waals surface area contributed by atoms with E-state index in [0.29, 0.717) is 0 Å². The van der Waals surface area contributed by atoms with Crippen LogP contribution in [0.25, 0.3) is 0 Å². The van der Waals surface area contributed by atoms with Crippen LogP contribution in [0.4, 0.5) is 0 Å². The van der Waals surface area contributed by atoms with Gasteiger partial charge in [0.15, 0.2) is 0 Å². The zero-order chi connectivity index (χ0) is 8.97. The summed E-state index contributed by atoms with van der Waals surface area (Å²) >= 11 is 5.52. The van der Waals surface area contributed by atoms with Crippen LogP contribution in [0.5, 0.6) is 0 Å². The average molecular weight is 192 g/mol. The van der Waals surface area contributed by atoms with Gasteiger partial charge in [0.2, 0.25) is 0 Å². The van der Waals surface area contributed by atoms with E-state index in [0.717, 1.165) is 25.7 Å². The summed E-state index contributed by atoms with van der Waals surface area (Å²) in [5.41, 5.74) is 0. The van der Waals surface area contributed by atoms with Crippen molar-refractivity contribution in [1.82, 2.24) is 4.84 Å². The Bertz CT molecular complexity index is 163. The lowest BCUT2D eigenvalue weighted by Crippen LogP contribution is -2.38. The van der Waals surface area contributed by atoms with Gasteiger partial charge in [0, 0.05) is 6.04 Å². The summed E-state index contributed by atoms with van der Waals surface area (Å²) in [6, 6.07) is 0.0906. The third-order valence-electron chi connectivity index (χ3n) is 2.41. The molecule has 0 aliphatic heterocycles. The van der Waals surface area contributed by atoms with Crippen LogP contribution >= 0.6 is 11.8 Å². The Morgan fingerprint density at radius 3 is 2.75 bits per heavy atom. The molecule has 0 radical (unpaired) electrons. The second-order valence-corrected chi connectivity index (χ2v) is 3.35. The minimum Gasteiger partial charge on any atom is -0.469 e. The van der Waals surface area contributed by atoms with Crippen LogP contribution in [-0.2, 0) is 9.53 Å². The monoisotopic (exact) mass is 191 g/mol. The number of methoxy groups -OCH3 is 1. The normalized spacial score (nSPS) is 29.8. The fraction of sp³-hybridized carbons (Fsp3) is 0.875. The first-order valence-corrected chi connectivity index (χ1v) is 4.61. The van der Waals surface area contributed by atoms with Crippen molar-refractivity contribution >= 4 is 17.7 Å². The van der Waals surface area contributed by atoms with Crippen LogP contribution < -0.4 is 4.84 Å². The minimum atomic E-state index is -0.146. The number of nitrogens with one attached hydrogen (secondary N) is 1. The van der Waals surface area contributed by atoms with Crippen molar-refractivity contribution in [2.45, 2.75) is 31.7 Å². The molecular weight excluding hydrogens is 178 g/mol. The molecule has 0 amide bonds. The van der Waals surface area contributed by atoms with Gasteiger partial charge >= 0.3 is 5.97 Å². The average Bonchev–Trinajstić information content (AvgIpc) is 2.16. The maximum atomic E-state index is 11.2. The Labute approximate surface area is 77.5 Å². The standard InChI is InChI=1S/C8H14ClNO2/c1-12-8(11)6-4-2-3-5-7(6)10-9/h6-7,10H,2-5H2,1H3/t6-,7-/m0/s1. The van der Waals surface area contributed by atoms with Gasteiger partial charge < -0.3 is 4.74 Å². The van der Waals surface area contributed by atoms with Gasteiger partial charge in [-0.25, -0.2) is 4.84 Å². The van der Waals surface area contributed by atoms with Crippen LogP contribution in [0.3, 0.4) is 0 Å². The molecule has 1 aliphatic carbocycles. The number of esters is 1. The second kappa shape index (κ2) is 4.67. The number of hydrogen-bond acceptors (Lipinski definition) is 3. The SMILES string of the molecule is COC(=O)[C@H]1CCCC[C@@H]1NCl. The zero-order valence-corrected chi connectivity index (χ0v) is 7.93. The van der Waals surface area contributed by atoms with E-state index in [4.69, 9.17) is 11.8 Å². The summed E-state index contributed by atoms with van der Waals surface area (Å²) in [6.07, 6.45) is 4.08. The van der Waals surface area contributed by atoms with Gasteiger partial charge in [0.05, 0.1) is 13.0 Å². The molecule has 0 heterocycles. The van der Waals surface area contributed by atoms with Crippen molar-refractivity contribution in [3.8, 4) is 0 Å². The fourth-order valence-electron chi connectivity index (χ4n) is 1.69. The van der Waals surface area contributed by atoms with E-state index < -0.39 is 0 Å². The molecule has 0 bridgehead atoms. The summed E-state index contributed by atoms with van der Waals surface area (Å²) in [6.45, 7) is 0. The smallest absolute Gasteiger partial charge is 0.310 e. The molecule has 1 saturated carbocycles. The van der Waals surface area contributed by atoms with Gasteiger partial charge in [0.1, 0.15) is 0 Å². The molecule has 70 valence electrons. The number of hydrogen-bond donors (Lipinski definition) is 1. The van der Waals surface area contributed by atoms with Crippen LogP contribution in [0.15, 0.2) is 0 Å². The van der Waals surface area contributed by atoms with Crippen molar-refractivity contribution in [1.29, 1.82) is 0 Å². The maximum Gasteiger partial charge on any atom is 0.310 e. The number of carbonyl (C=O) groups excluding carboxylic acids is 1. The molecule has 0 saturated heterocycles. The van der Waals surface area contributed by atoms with Crippen LogP contribution in [0, 0.1) is 5.92 Å². The summed E-state index contributed by atoms with van der Waals surface area (Å²) < 4.78 is 4.68. The molecule has 1 fully saturated rings. The molecule has 12 heavy (non-hydrogen) atoms. The highest BCUT2D eigenvalue weighted by atomic mass is 35.5. The Morgan fingerprint density at radius 1 is 1.50 bits per heavy atom. The molecule has 0 aromatic rings. The molecule has 3 nitrogen and oxygen atoms in total. The van der Waals surface area contributed by atoms with Gasteiger partial charge in [-0.2, -0.15) is 0 Å². The molecule has 0 unspecified atom stereocenters. The first-order chi connectivity index (χ1) is 5.79. The van der Waals surface area contributed by atoms with E-state index in [1.807, 2.05) is 0 Å². The Kier molecular flexibility index (Phi) is 3.82. The lowest BCUT2D eigenvalue weighted by atomic mass is 9.85. The summed E-state index contributed by atoms with van der Waals surface area (Å²) in [4.78, 5) is 13.9. The van der Waals surface area contributed by atoms with Crippen molar-refractivity contribution in [3.63, 3.8) is 0 Å². The molecule has 0 aromatic heterocycles. The summed E-state index contributed by atoms with van der Waals surface area (Å²) in [5.74, 6) is -0.200. The second-order valence-electron chi connectivity index (χ2n) is 3.13. The van der Waals surface area contributed by atoms with E-state index in [2.05, 4.69) is 9.57 Å².